The first-order valence-corrected chi connectivity index (χ1v) is 39.8. The number of nitrogens with zero attached hydrogens (tertiary/aromatic N) is 9. The van der Waals surface area contributed by atoms with Gasteiger partial charge < -0.3 is 0 Å². The van der Waals surface area contributed by atoms with E-state index in [1.807, 2.05) is 6.07 Å². The van der Waals surface area contributed by atoms with Gasteiger partial charge in [-0.2, -0.15) is 5.26 Å². The first-order valence-electron chi connectivity index (χ1n) is 39.8. The van der Waals surface area contributed by atoms with Crippen molar-refractivity contribution >= 4 is 120 Å². The van der Waals surface area contributed by atoms with Crippen molar-refractivity contribution in [1.29, 1.82) is 5.26 Å². The summed E-state index contributed by atoms with van der Waals surface area (Å²) in [6.07, 6.45) is 0. The number of aromatic nitrogens is 8. The van der Waals surface area contributed by atoms with Crippen molar-refractivity contribution in [3.63, 3.8) is 0 Å². The van der Waals surface area contributed by atoms with Gasteiger partial charge in [0.05, 0.1) is 72.2 Å². The highest BCUT2D eigenvalue weighted by Crippen LogP contribution is 2.64. The fourth-order valence-corrected chi connectivity index (χ4v) is 21.2. The van der Waals surface area contributed by atoms with E-state index in [0.717, 1.165) is 171 Å². The Bertz CT molecular complexity index is 8440. The summed E-state index contributed by atoms with van der Waals surface area (Å²) in [5.41, 5.74) is 35.2. The van der Waals surface area contributed by atoms with Crippen LogP contribution in [-0.4, -0.2) is 37.9 Å². The maximum Gasteiger partial charge on any atom is 0.221 e. The monoisotopic (exact) mass is 1470 g/mol. The van der Waals surface area contributed by atoms with Gasteiger partial charge in [0, 0.05) is 37.7 Å². The lowest BCUT2D eigenvalue weighted by molar-refractivity contribution is 0.660. The van der Waals surface area contributed by atoms with Gasteiger partial charge in [0.25, 0.3) is 0 Å². The highest BCUT2D eigenvalue weighted by atomic mass is 15.2. The Morgan fingerprint density at radius 2 is 0.655 bits per heavy atom. The number of para-hydroxylation sites is 7. The number of hydrogen-bond acceptors (Lipinski definition) is 5. The minimum atomic E-state index is -0.473. The van der Waals surface area contributed by atoms with E-state index in [1.54, 1.807) is 0 Å². The van der Waals surface area contributed by atoms with Crippen molar-refractivity contribution in [3.05, 3.63) is 385 Å². The van der Waals surface area contributed by atoms with Crippen LogP contribution in [0.1, 0.15) is 52.8 Å². The summed E-state index contributed by atoms with van der Waals surface area (Å²) in [5, 5.41) is 21.2. The fraction of sp³-hybridized carbons (Fsp3) is 0.0374. The molecule has 116 heavy (non-hydrogen) atoms. The summed E-state index contributed by atoms with van der Waals surface area (Å²) in [5.74, 6) is 1.53. The van der Waals surface area contributed by atoms with Crippen LogP contribution in [0, 0.1) is 11.3 Å². The minimum absolute atomic E-state index is 0.378. The van der Waals surface area contributed by atoms with Crippen molar-refractivity contribution < 1.29 is 0 Å². The second-order valence-corrected chi connectivity index (χ2v) is 32.2. The summed E-state index contributed by atoms with van der Waals surface area (Å²) < 4.78 is 9.29. The van der Waals surface area contributed by atoms with Crippen LogP contribution in [0.25, 0.3) is 210 Å². The van der Waals surface area contributed by atoms with E-state index in [2.05, 4.69) is 378 Å². The third-order valence-electron chi connectivity index (χ3n) is 26.2. The molecule has 17 aromatic carbocycles. The lowest BCUT2D eigenvalue weighted by Gasteiger charge is -2.30. The third kappa shape index (κ3) is 8.25. The largest absolute Gasteiger partial charge is 0.279 e. The minimum Gasteiger partial charge on any atom is -0.279 e. The molecule has 1 spiro atoms. The summed E-state index contributed by atoms with van der Waals surface area (Å²) in [6.45, 7) is 4.61. The molecule has 0 aliphatic heterocycles. The Labute approximate surface area is 664 Å². The van der Waals surface area contributed by atoms with Crippen LogP contribution in [0.5, 0.6) is 0 Å². The van der Waals surface area contributed by atoms with Gasteiger partial charge in [0.1, 0.15) is 11.3 Å². The van der Waals surface area contributed by atoms with E-state index < -0.39 is 5.41 Å². The zero-order valence-corrected chi connectivity index (χ0v) is 62.9. The molecule has 0 radical (unpaired) electrons. The van der Waals surface area contributed by atoms with Gasteiger partial charge in [-0.3, -0.25) is 17.9 Å². The van der Waals surface area contributed by atoms with Crippen molar-refractivity contribution in [2.45, 2.75) is 24.7 Å². The molecule has 9 heteroatoms. The number of hydrogen-bond donors (Lipinski definition) is 0. The Balaban J connectivity index is 0.685. The number of rotatable bonds is 6. The molecular formula is C107H63N9. The molecule has 9 nitrogen and oxygen atoms in total. The SMILES string of the molecule is CC1(C)c2cc(C#N)ccc2-c2ccc(-c3c4ccccc4c(-c4ccc5c6ccccc6n(-c6nc7ccccc7c7nc8ccccc8n67)c5c4)c4ccc(-c5ccc6nc(-n7c8ccccc8c8ccc(-c9cccc%10c9-c9ccccc9C%109c%10ccccc%10-c%10ccccc%109)cc87)n7c8ccccc8nc7c6c5)cc34)cc21. The van der Waals surface area contributed by atoms with Gasteiger partial charge in [-0.25, -0.2) is 19.9 Å². The van der Waals surface area contributed by atoms with E-state index in [4.69, 9.17) is 19.9 Å². The van der Waals surface area contributed by atoms with Crippen LogP contribution in [0.3, 0.4) is 0 Å². The van der Waals surface area contributed by atoms with Crippen LogP contribution in [0.15, 0.2) is 346 Å². The predicted molar refractivity (Wildman–Crippen MR) is 474 cm³/mol. The molecule has 6 aromatic heterocycles. The third-order valence-corrected chi connectivity index (χ3v) is 26.2. The van der Waals surface area contributed by atoms with E-state index in [9.17, 15) is 5.26 Å². The molecule has 0 unspecified atom stereocenters. The maximum atomic E-state index is 10.2. The summed E-state index contributed by atoms with van der Waals surface area (Å²) in [6, 6.07) is 130. The van der Waals surface area contributed by atoms with Crippen molar-refractivity contribution in [2.75, 3.05) is 0 Å². The highest BCUT2D eigenvalue weighted by molar-refractivity contribution is 6.24. The maximum absolute atomic E-state index is 10.2. The summed E-state index contributed by atoms with van der Waals surface area (Å²) in [7, 11) is 0. The Morgan fingerprint density at radius 3 is 1.29 bits per heavy atom. The van der Waals surface area contributed by atoms with Gasteiger partial charge in [0.2, 0.25) is 11.9 Å². The quantitative estimate of drug-likeness (QED) is 0.155. The van der Waals surface area contributed by atoms with Gasteiger partial charge in [-0.15, -0.1) is 0 Å². The van der Waals surface area contributed by atoms with Crippen LogP contribution < -0.4 is 0 Å². The second kappa shape index (κ2) is 22.9. The lowest BCUT2D eigenvalue weighted by Crippen LogP contribution is -2.25. The van der Waals surface area contributed by atoms with Crippen molar-refractivity contribution in [2.24, 2.45) is 0 Å². The van der Waals surface area contributed by atoms with Crippen LogP contribution in [-0.2, 0) is 10.8 Å². The van der Waals surface area contributed by atoms with E-state index in [1.165, 1.54) is 72.3 Å². The molecule has 0 bridgehead atoms. The molecule has 3 aliphatic carbocycles. The van der Waals surface area contributed by atoms with Crippen LogP contribution >= 0.6 is 0 Å². The summed E-state index contributed by atoms with van der Waals surface area (Å²) in [4.78, 5) is 22.4. The zero-order chi connectivity index (χ0) is 76.1. The van der Waals surface area contributed by atoms with Gasteiger partial charge in [0.15, 0.2) is 0 Å². The van der Waals surface area contributed by atoms with E-state index in [-0.39, 0.29) is 5.41 Å². The number of benzene rings is 17. The average Bonchev–Trinajstić information content (AvgIpc) is 1.50. The highest BCUT2D eigenvalue weighted by Gasteiger charge is 2.52. The van der Waals surface area contributed by atoms with Gasteiger partial charge in [-0.05, 0) is 230 Å². The molecular weight excluding hydrogens is 1410 g/mol. The van der Waals surface area contributed by atoms with Crippen LogP contribution in [0.4, 0.5) is 0 Å². The fourth-order valence-electron chi connectivity index (χ4n) is 21.2. The molecule has 0 saturated carbocycles. The Hall–Kier alpha value is -15.4. The van der Waals surface area contributed by atoms with Crippen molar-refractivity contribution in [3.8, 4) is 95.9 Å². The number of fused-ring (bicyclic) bond motifs is 31. The standard InChI is InChI=1S/C107H63N9/c1-106(2)87-54-61(60-108)42-48-70(87)71-49-45-65(57-88(71)106)100-77-27-4-3-26-76(77)99(66-46-51-75-73-25-10-18-39-94(73)114(98(75)59-66)104-111-89-35-14-8-29-80(89)102-109-91-36-15-19-40-95(91)115(102)104)78-52-43-62(55-81(78)100)63-47-53-90-82(56-63)103-110-92-37-16-20-41-96(92)116(103)105(112-90)113-93-38-17-9-24-72(93)74-50-44-64(58-97(74)113)67-30-21-34-86-101(67)79-28-7-13-33-85(79)107(86)83-31-11-5-22-68(83)69-23-6-12-32-84(69)107/h3-59H,1-2H3. The van der Waals surface area contributed by atoms with Crippen molar-refractivity contribution in [1.82, 2.24) is 37.9 Å². The number of nitriles is 1. The first-order chi connectivity index (χ1) is 57.2. The Kier molecular flexibility index (Phi) is 12.5. The topological polar surface area (TPSA) is 94.0 Å². The second-order valence-electron chi connectivity index (χ2n) is 32.2. The molecule has 6 heterocycles. The molecule has 26 rings (SSSR count). The molecule has 0 N–H and O–H groups in total. The lowest BCUT2D eigenvalue weighted by atomic mass is 9.70. The first kappa shape index (κ1) is 63.3. The molecule has 23 aromatic rings. The van der Waals surface area contributed by atoms with E-state index in [0.29, 0.717) is 5.56 Å². The van der Waals surface area contributed by atoms with Gasteiger partial charge >= 0.3 is 0 Å². The molecule has 0 amide bonds. The number of imidazole rings is 2. The molecule has 0 atom stereocenters. The zero-order valence-electron chi connectivity index (χ0n) is 62.9. The molecule has 0 saturated heterocycles. The molecule has 3 aliphatic rings. The molecule has 0 fully saturated rings. The summed E-state index contributed by atoms with van der Waals surface area (Å²) >= 11 is 0. The predicted octanol–water partition coefficient (Wildman–Crippen LogP) is 26.1. The molecule has 536 valence electrons. The smallest absolute Gasteiger partial charge is 0.221 e. The van der Waals surface area contributed by atoms with E-state index >= 15 is 0 Å². The van der Waals surface area contributed by atoms with Gasteiger partial charge in [-0.1, -0.05) is 263 Å². The Morgan fingerprint density at radius 1 is 0.250 bits per heavy atom. The normalized spacial score (nSPS) is 13.6. The average molecular weight is 1470 g/mol. The van der Waals surface area contributed by atoms with Crippen LogP contribution in [0.2, 0.25) is 0 Å².